The molecule has 0 spiro atoms. The van der Waals surface area contributed by atoms with Crippen LogP contribution >= 0.6 is 0 Å². The predicted molar refractivity (Wildman–Crippen MR) is 102 cm³/mol. The van der Waals surface area contributed by atoms with E-state index in [1.165, 1.54) is 0 Å². The summed E-state index contributed by atoms with van der Waals surface area (Å²) in [7, 11) is 0. The quantitative estimate of drug-likeness (QED) is 0.806. The van der Waals surface area contributed by atoms with Crippen LogP contribution in [-0.2, 0) is 14.4 Å². The summed E-state index contributed by atoms with van der Waals surface area (Å²) in [4.78, 5) is 42.7. The largest absolute Gasteiger partial charge is 0.348 e. The Labute approximate surface area is 163 Å². The van der Waals surface area contributed by atoms with Crippen LogP contribution in [0.4, 0.5) is 0 Å². The molecule has 7 nitrogen and oxygen atoms in total. The van der Waals surface area contributed by atoms with E-state index in [-0.39, 0.29) is 42.1 Å². The second kappa shape index (κ2) is 7.58. The van der Waals surface area contributed by atoms with Crippen LogP contribution in [0.15, 0.2) is 43.0 Å². The van der Waals surface area contributed by atoms with Crippen LogP contribution in [0.2, 0.25) is 0 Å². The number of hydrogen-bond donors (Lipinski definition) is 1. The van der Waals surface area contributed by atoms with E-state index in [0.29, 0.717) is 0 Å². The standard InChI is InChI=1S/C21H24N4O3/c1-14(15-6-8-16(9-7-15)24-11-10-22-13-24)23-19(26)12-25-20(27)17-4-2-3-5-18(17)21(25)28/h6-11,13-14,17-18H,2-5,12H2,1H3,(H,23,26)/t14-,17+,18+/m0/s1. The summed E-state index contributed by atoms with van der Waals surface area (Å²) in [5.41, 5.74) is 1.93. The van der Waals surface area contributed by atoms with Gasteiger partial charge in [-0.1, -0.05) is 25.0 Å². The first-order valence-electron chi connectivity index (χ1n) is 9.77. The van der Waals surface area contributed by atoms with Gasteiger partial charge in [0, 0.05) is 18.1 Å². The number of aromatic nitrogens is 2. The SMILES string of the molecule is C[C@H](NC(=O)CN1C(=O)[C@@H]2CCCC[C@H]2C1=O)c1ccc(-n2ccnc2)cc1. The number of likely N-dealkylation sites (tertiary alicyclic amines) is 1. The van der Waals surface area contributed by atoms with Crippen molar-refractivity contribution in [1.82, 2.24) is 19.8 Å². The summed E-state index contributed by atoms with van der Waals surface area (Å²) in [6.45, 7) is 1.69. The van der Waals surface area contributed by atoms with E-state index in [0.717, 1.165) is 41.8 Å². The molecule has 2 aliphatic rings. The van der Waals surface area contributed by atoms with E-state index in [2.05, 4.69) is 10.3 Å². The lowest BCUT2D eigenvalue weighted by atomic mass is 9.81. The summed E-state index contributed by atoms with van der Waals surface area (Å²) in [5, 5.41) is 2.90. The minimum Gasteiger partial charge on any atom is -0.348 e. The fourth-order valence-electron chi connectivity index (χ4n) is 4.25. The highest BCUT2D eigenvalue weighted by Crippen LogP contribution is 2.37. The third-order valence-corrected chi connectivity index (χ3v) is 5.81. The number of imide groups is 1. The topological polar surface area (TPSA) is 84.3 Å². The van der Waals surface area contributed by atoms with Gasteiger partial charge in [0.1, 0.15) is 6.54 Å². The average molecular weight is 380 g/mol. The van der Waals surface area contributed by atoms with Gasteiger partial charge in [-0.3, -0.25) is 19.3 Å². The minimum absolute atomic E-state index is 0.179. The maximum Gasteiger partial charge on any atom is 0.240 e. The Bertz CT molecular complexity index is 852. The van der Waals surface area contributed by atoms with Crippen molar-refractivity contribution in [3.05, 3.63) is 48.5 Å². The first-order valence-corrected chi connectivity index (χ1v) is 9.77. The maximum absolute atomic E-state index is 12.5. The lowest BCUT2D eigenvalue weighted by molar-refractivity contribution is -0.143. The maximum atomic E-state index is 12.5. The van der Waals surface area contributed by atoms with Gasteiger partial charge in [0.2, 0.25) is 17.7 Å². The minimum atomic E-state index is -0.313. The monoisotopic (exact) mass is 380 g/mol. The van der Waals surface area contributed by atoms with Gasteiger partial charge in [-0.25, -0.2) is 4.98 Å². The second-order valence-electron chi connectivity index (χ2n) is 7.61. The third-order valence-electron chi connectivity index (χ3n) is 5.81. The smallest absolute Gasteiger partial charge is 0.240 e. The molecule has 0 unspecified atom stereocenters. The number of nitrogens with zero attached hydrogens (tertiary/aromatic N) is 3. The van der Waals surface area contributed by atoms with Gasteiger partial charge in [-0.05, 0) is 37.5 Å². The van der Waals surface area contributed by atoms with Crippen LogP contribution in [0.5, 0.6) is 0 Å². The van der Waals surface area contributed by atoms with Gasteiger partial charge in [-0.15, -0.1) is 0 Å². The molecule has 7 heteroatoms. The molecule has 2 fully saturated rings. The van der Waals surface area contributed by atoms with Crippen molar-refractivity contribution in [2.24, 2.45) is 11.8 Å². The molecule has 1 saturated heterocycles. The first kappa shape index (κ1) is 18.4. The number of carbonyl (C=O) groups is 3. The molecule has 3 amide bonds. The Morgan fingerprint density at radius 1 is 1.14 bits per heavy atom. The molecular weight excluding hydrogens is 356 g/mol. The van der Waals surface area contributed by atoms with Crippen LogP contribution in [0, 0.1) is 11.8 Å². The number of hydrogen-bond acceptors (Lipinski definition) is 4. The molecule has 1 N–H and O–H groups in total. The Morgan fingerprint density at radius 3 is 2.36 bits per heavy atom. The summed E-state index contributed by atoms with van der Waals surface area (Å²) in [6.07, 6.45) is 8.77. The summed E-state index contributed by atoms with van der Waals surface area (Å²) in [6, 6.07) is 7.58. The van der Waals surface area contributed by atoms with Gasteiger partial charge in [0.25, 0.3) is 0 Å². The molecule has 0 bridgehead atoms. The van der Waals surface area contributed by atoms with Crippen molar-refractivity contribution in [2.45, 2.75) is 38.6 Å². The van der Waals surface area contributed by atoms with E-state index in [4.69, 9.17) is 0 Å². The highest BCUT2D eigenvalue weighted by atomic mass is 16.2. The predicted octanol–water partition coefficient (Wildman–Crippen LogP) is 2.22. The molecule has 0 radical (unpaired) electrons. The zero-order chi connectivity index (χ0) is 19.7. The Morgan fingerprint density at radius 2 is 1.79 bits per heavy atom. The van der Waals surface area contributed by atoms with Gasteiger partial charge in [-0.2, -0.15) is 0 Å². The number of rotatable bonds is 5. The van der Waals surface area contributed by atoms with Crippen molar-refractivity contribution >= 4 is 17.7 Å². The molecular formula is C21H24N4O3. The van der Waals surface area contributed by atoms with E-state index < -0.39 is 0 Å². The van der Waals surface area contributed by atoms with Crippen LogP contribution in [-0.4, -0.2) is 38.7 Å². The number of carbonyl (C=O) groups excluding carboxylic acids is 3. The summed E-state index contributed by atoms with van der Waals surface area (Å²) >= 11 is 0. The van der Waals surface area contributed by atoms with Crippen molar-refractivity contribution < 1.29 is 14.4 Å². The van der Waals surface area contributed by atoms with Gasteiger partial charge in [0.05, 0.1) is 24.2 Å². The molecule has 2 aromatic rings. The molecule has 1 aliphatic carbocycles. The number of amides is 3. The van der Waals surface area contributed by atoms with Crippen molar-refractivity contribution in [2.75, 3.05) is 6.54 Å². The van der Waals surface area contributed by atoms with Crippen LogP contribution in [0.25, 0.3) is 5.69 Å². The summed E-state index contributed by atoms with van der Waals surface area (Å²) in [5.74, 6) is -1.11. The summed E-state index contributed by atoms with van der Waals surface area (Å²) < 4.78 is 1.90. The first-order chi connectivity index (χ1) is 13.5. The van der Waals surface area contributed by atoms with E-state index >= 15 is 0 Å². The van der Waals surface area contributed by atoms with Gasteiger partial charge >= 0.3 is 0 Å². The van der Waals surface area contributed by atoms with E-state index in [1.807, 2.05) is 42.0 Å². The highest BCUT2D eigenvalue weighted by Gasteiger charge is 2.48. The molecule has 1 saturated carbocycles. The molecule has 4 rings (SSSR count). The number of imidazole rings is 1. The van der Waals surface area contributed by atoms with Crippen molar-refractivity contribution in [3.8, 4) is 5.69 Å². The zero-order valence-electron chi connectivity index (χ0n) is 15.9. The number of benzene rings is 1. The van der Waals surface area contributed by atoms with Gasteiger partial charge in [0.15, 0.2) is 0 Å². The normalized spacial score (nSPS) is 22.8. The Balaban J connectivity index is 1.37. The lowest BCUT2D eigenvalue weighted by Gasteiger charge is -2.19. The molecule has 3 atom stereocenters. The van der Waals surface area contributed by atoms with Crippen LogP contribution in [0.1, 0.15) is 44.2 Å². The molecule has 1 aliphatic heterocycles. The van der Waals surface area contributed by atoms with E-state index in [1.54, 1.807) is 12.5 Å². The van der Waals surface area contributed by atoms with Gasteiger partial charge < -0.3 is 9.88 Å². The molecule has 28 heavy (non-hydrogen) atoms. The zero-order valence-corrected chi connectivity index (χ0v) is 15.9. The fourth-order valence-corrected chi connectivity index (χ4v) is 4.25. The highest BCUT2D eigenvalue weighted by molar-refractivity contribution is 6.07. The Kier molecular flexibility index (Phi) is 4.98. The lowest BCUT2D eigenvalue weighted by Crippen LogP contribution is -2.41. The third kappa shape index (κ3) is 3.44. The molecule has 1 aromatic carbocycles. The fraction of sp³-hybridized carbons (Fsp3) is 0.429. The van der Waals surface area contributed by atoms with Crippen LogP contribution < -0.4 is 5.32 Å². The molecule has 1 aromatic heterocycles. The van der Waals surface area contributed by atoms with Crippen molar-refractivity contribution in [3.63, 3.8) is 0 Å². The van der Waals surface area contributed by atoms with Crippen molar-refractivity contribution in [1.29, 1.82) is 0 Å². The number of nitrogens with one attached hydrogen (secondary N) is 1. The molecule has 146 valence electrons. The van der Waals surface area contributed by atoms with Crippen LogP contribution in [0.3, 0.4) is 0 Å². The Hall–Kier alpha value is -2.96. The second-order valence-corrected chi connectivity index (χ2v) is 7.61. The average Bonchev–Trinajstić information content (AvgIpc) is 3.32. The van der Waals surface area contributed by atoms with E-state index in [9.17, 15) is 14.4 Å². The number of fused-ring (bicyclic) bond motifs is 1. The molecule has 2 heterocycles.